The SMILES string of the molecule is NCC1CC(=O)N(CC(=O)O)C1. The Hall–Kier alpha value is -1.10. The van der Waals surface area contributed by atoms with E-state index in [0.29, 0.717) is 19.5 Å². The molecule has 1 saturated heterocycles. The first-order valence-corrected chi connectivity index (χ1v) is 3.83. The topological polar surface area (TPSA) is 83.6 Å². The van der Waals surface area contributed by atoms with Crippen LogP contribution in [0, 0.1) is 5.92 Å². The van der Waals surface area contributed by atoms with Crippen molar-refractivity contribution >= 4 is 11.9 Å². The molecule has 0 aromatic heterocycles. The van der Waals surface area contributed by atoms with Crippen molar-refractivity contribution in [3.63, 3.8) is 0 Å². The van der Waals surface area contributed by atoms with E-state index >= 15 is 0 Å². The van der Waals surface area contributed by atoms with Crippen LogP contribution in [0.1, 0.15) is 6.42 Å². The summed E-state index contributed by atoms with van der Waals surface area (Å²) in [6.45, 7) is 0.735. The minimum absolute atomic E-state index is 0.104. The number of nitrogens with two attached hydrogens (primary N) is 1. The van der Waals surface area contributed by atoms with E-state index < -0.39 is 5.97 Å². The predicted octanol–water partition coefficient (Wildman–Crippen LogP) is -1.12. The molecule has 1 aliphatic heterocycles. The van der Waals surface area contributed by atoms with Crippen molar-refractivity contribution in [2.45, 2.75) is 6.42 Å². The Kier molecular flexibility index (Phi) is 2.65. The third-order valence-electron chi connectivity index (χ3n) is 1.95. The van der Waals surface area contributed by atoms with Crippen LogP contribution in [0.3, 0.4) is 0 Å². The van der Waals surface area contributed by atoms with E-state index in [4.69, 9.17) is 10.8 Å². The highest BCUT2D eigenvalue weighted by Crippen LogP contribution is 2.15. The molecule has 12 heavy (non-hydrogen) atoms. The summed E-state index contributed by atoms with van der Waals surface area (Å²) in [6, 6.07) is 0. The number of likely N-dealkylation sites (tertiary alicyclic amines) is 1. The Morgan fingerprint density at radius 2 is 2.42 bits per heavy atom. The van der Waals surface area contributed by atoms with Gasteiger partial charge in [0.2, 0.25) is 5.91 Å². The van der Waals surface area contributed by atoms with Crippen molar-refractivity contribution in [2.75, 3.05) is 19.6 Å². The van der Waals surface area contributed by atoms with Crippen LogP contribution in [0.15, 0.2) is 0 Å². The molecule has 0 aliphatic carbocycles. The number of hydrogen-bond acceptors (Lipinski definition) is 3. The van der Waals surface area contributed by atoms with Crippen LogP contribution in [-0.4, -0.2) is 41.5 Å². The molecular weight excluding hydrogens is 160 g/mol. The van der Waals surface area contributed by atoms with E-state index in [1.165, 1.54) is 4.90 Å². The summed E-state index contributed by atoms with van der Waals surface area (Å²) < 4.78 is 0. The quantitative estimate of drug-likeness (QED) is 0.564. The highest BCUT2D eigenvalue weighted by atomic mass is 16.4. The number of amides is 1. The molecule has 5 heteroatoms. The molecule has 0 saturated carbocycles. The van der Waals surface area contributed by atoms with E-state index in [0.717, 1.165) is 0 Å². The third-order valence-corrected chi connectivity index (χ3v) is 1.95. The van der Waals surface area contributed by atoms with Crippen LogP contribution in [0.25, 0.3) is 0 Å². The maximum absolute atomic E-state index is 11.1. The molecular formula is C7H12N2O3. The van der Waals surface area contributed by atoms with Gasteiger partial charge in [0.25, 0.3) is 0 Å². The second-order valence-electron chi connectivity index (χ2n) is 2.97. The van der Waals surface area contributed by atoms with E-state index in [1.54, 1.807) is 0 Å². The summed E-state index contributed by atoms with van der Waals surface area (Å²) in [5, 5.41) is 8.43. The molecule has 0 radical (unpaired) electrons. The zero-order chi connectivity index (χ0) is 9.14. The van der Waals surface area contributed by atoms with Gasteiger partial charge in [0.15, 0.2) is 0 Å². The molecule has 1 heterocycles. The molecule has 3 N–H and O–H groups in total. The molecule has 1 unspecified atom stereocenters. The van der Waals surface area contributed by atoms with Crippen LogP contribution >= 0.6 is 0 Å². The van der Waals surface area contributed by atoms with Crippen LogP contribution in [0.5, 0.6) is 0 Å². The summed E-state index contributed by atoms with van der Waals surface area (Å²) in [7, 11) is 0. The summed E-state index contributed by atoms with van der Waals surface area (Å²) in [5.41, 5.74) is 5.36. The molecule has 1 fully saturated rings. The van der Waals surface area contributed by atoms with Gasteiger partial charge >= 0.3 is 5.97 Å². The molecule has 0 aromatic rings. The Balaban J connectivity index is 2.46. The van der Waals surface area contributed by atoms with Gasteiger partial charge in [0.05, 0.1) is 0 Å². The van der Waals surface area contributed by atoms with Gasteiger partial charge in [-0.15, -0.1) is 0 Å². The molecule has 0 bridgehead atoms. The van der Waals surface area contributed by atoms with Crippen LogP contribution in [0.2, 0.25) is 0 Å². The van der Waals surface area contributed by atoms with Gasteiger partial charge in [0.1, 0.15) is 6.54 Å². The minimum atomic E-state index is -0.971. The Bertz CT molecular complexity index is 205. The van der Waals surface area contributed by atoms with E-state index in [1.807, 2.05) is 0 Å². The molecule has 0 spiro atoms. The first-order valence-electron chi connectivity index (χ1n) is 3.83. The number of aliphatic carboxylic acids is 1. The molecule has 5 nitrogen and oxygen atoms in total. The van der Waals surface area contributed by atoms with E-state index in [9.17, 15) is 9.59 Å². The lowest BCUT2D eigenvalue weighted by Crippen LogP contribution is -2.31. The van der Waals surface area contributed by atoms with Crippen molar-refractivity contribution in [3.8, 4) is 0 Å². The molecule has 0 aromatic carbocycles. The predicted molar refractivity (Wildman–Crippen MR) is 41.4 cm³/mol. The first kappa shape index (κ1) is 8.99. The fraction of sp³-hybridized carbons (Fsp3) is 0.714. The number of carbonyl (C=O) groups excluding carboxylic acids is 1. The van der Waals surface area contributed by atoms with Crippen molar-refractivity contribution in [2.24, 2.45) is 11.7 Å². The summed E-state index contributed by atoms with van der Waals surface area (Å²) >= 11 is 0. The smallest absolute Gasteiger partial charge is 0.323 e. The van der Waals surface area contributed by atoms with Gasteiger partial charge in [-0.3, -0.25) is 9.59 Å². The number of carboxylic acid groups (broad SMARTS) is 1. The van der Waals surface area contributed by atoms with Crippen LogP contribution in [-0.2, 0) is 9.59 Å². The third kappa shape index (κ3) is 1.94. The average molecular weight is 172 g/mol. The standard InChI is InChI=1S/C7H12N2O3/c8-2-5-1-6(10)9(3-5)4-7(11)12/h5H,1-4,8H2,(H,11,12). The molecule has 1 amide bonds. The van der Waals surface area contributed by atoms with Crippen LogP contribution < -0.4 is 5.73 Å². The summed E-state index contributed by atoms with van der Waals surface area (Å²) in [4.78, 5) is 22.7. The van der Waals surface area contributed by atoms with Gasteiger partial charge in [-0.1, -0.05) is 0 Å². The van der Waals surface area contributed by atoms with Crippen molar-refractivity contribution in [3.05, 3.63) is 0 Å². The lowest BCUT2D eigenvalue weighted by molar-refractivity contribution is -0.142. The fourth-order valence-corrected chi connectivity index (χ4v) is 1.33. The van der Waals surface area contributed by atoms with E-state index in [-0.39, 0.29) is 18.4 Å². The highest BCUT2D eigenvalue weighted by molar-refractivity contribution is 5.83. The first-order chi connectivity index (χ1) is 5.63. The second kappa shape index (κ2) is 3.53. The zero-order valence-electron chi connectivity index (χ0n) is 6.69. The van der Waals surface area contributed by atoms with Crippen LogP contribution in [0.4, 0.5) is 0 Å². The minimum Gasteiger partial charge on any atom is -0.480 e. The maximum atomic E-state index is 11.1. The normalized spacial score (nSPS) is 23.2. The molecule has 1 atom stereocenters. The number of carbonyl (C=O) groups is 2. The maximum Gasteiger partial charge on any atom is 0.323 e. The van der Waals surface area contributed by atoms with Gasteiger partial charge in [0, 0.05) is 13.0 Å². The van der Waals surface area contributed by atoms with Crippen molar-refractivity contribution in [1.82, 2.24) is 4.90 Å². The van der Waals surface area contributed by atoms with Gasteiger partial charge in [-0.2, -0.15) is 0 Å². The largest absolute Gasteiger partial charge is 0.480 e. The van der Waals surface area contributed by atoms with Gasteiger partial charge in [-0.25, -0.2) is 0 Å². The summed E-state index contributed by atoms with van der Waals surface area (Å²) in [6.07, 6.45) is 0.393. The fourth-order valence-electron chi connectivity index (χ4n) is 1.33. The molecule has 68 valence electrons. The lowest BCUT2D eigenvalue weighted by Gasteiger charge is -2.12. The summed E-state index contributed by atoms with van der Waals surface area (Å²) in [5.74, 6) is -0.939. The van der Waals surface area contributed by atoms with Crippen molar-refractivity contribution in [1.29, 1.82) is 0 Å². The van der Waals surface area contributed by atoms with Gasteiger partial charge in [-0.05, 0) is 12.5 Å². The lowest BCUT2D eigenvalue weighted by atomic mass is 10.1. The van der Waals surface area contributed by atoms with Crippen molar-refractivity contribution < 1.29 is 14.7 Å². The average Bonchev–Trinajstić information content (AvgIpc) is 2.31. The van der Waals surface area contributed by atoms with E-state index in [2.05, 4.69) is 0 Å². The Morgan fingerprint density at radius 3 is 2.83 bits per heavy atom. The number of rotatable bonds is 3. The number of nitrogens with zero attached hydrogens (tertiary/aromatic N) is 1. The molecule has 1 aliphatic rings. The molecule has 1 rings (SSSR count). The Labute approximate surface area is 70.1 Å². The van der Waals surface area contributed by atoms with Gasteiger partial charge < -0.3 is 15.7 Å². The monoisotopic (exact) mass is 172 g/mol. The Morgan fingerprint density at radius 1 is 1.75 bits per heavy atom. The second-order valence-corrected chi connectivity index (χ2v) is 2.97. The zero-order valence-corrected chi connectivity index (χ0v) is 6.69. The number of hydrogen-bond donors (Lipinski definition) is 2. The highest BCUT2D eigenvalue weighted by Gasteiger charge is 2.29. The number of carboxylic acids is 1.